The van der Waals surface area contributed by atoms with E-state index in [0.717, 1.165) is 17.1 Å². The highest BCUT2D eigenvalue weighted by Crippen LogP contribution is 2.15. The zero-order valence-corrected chi connectivity index (χ0v) is 13.8. The Hall–Kier alpha value is -3.16. The van der Waals surface area contributed by atoms with Crippen LogP contribution in [0, 0.1) is 6.92 Å². The van der Waals surface area contributed by atoms with Crippen LogP contribution in [-0.4, -0.2) is 42.5 Å². The van der Waals surface area contributed by atoms with Gasteiger partial charge in [0.2, 0.25) is 5.95 Å². The van der Waals surface area contributed by atoms with Crippen molar-refractivity contribution in [2.24, 2.45) is 7.05 Å². The minimum Gasteiger partial charge on any atom is -0.323 e. The monoisotopic (exact) mass is 325 g/mol. The summed E-state index contributed by atoms with van der Waals surface area (Å²) in [6.07, 6.45) is 3.60. The Balaban J connectivity index is 1.73. The fraction of sp³-hybridized carbons (Fsp3) is 0.250. The minimum absolute atomic E-state index is 0.268. The number of rotatable bonds is 4. The second-order valence-corrected chi connectivity index (χ2v) is 5.47. The summed E-state index contributed by atoms with van der Waals surface area (Å²) in [7, 11) is 3.51. The summed E-state index contributed by atoms with van der Waals surface area (Å²) in [5.41, 5.74) is 1.93. The third kappa shape index (κ3) is 3.27. The molecule has 8 nitrogen and oxygen atoms in total. The number of nitrogens with one attached hydrogen (secondary N) is 1. The summed E-state index contributed by atoms with van der Waals surface area (Å²) in [5, 5.41) is 11.1. The van der Waals surface area contributed by atoms with Crippen LogP contribution in [0.25, 0.3) is 5.69 Å². The van der Waals surface area contributed by atoms with Crippen LogP contribution in [0.1, 0.15) is 11.4 Å². The number of carbonyl (C=O) groups excluding carboxylic acids is 1. The summed E-state index contributed by atoms with van der Waals surface area (Å²) in [6, 6.07) is 9.43. The maximum Gasteiger partial charge on any atom is 0.324 e. The lowest BCUT2D eigenvalue weighted by molar-refractivity contribution is 0.220. The molecule has 0 saturated carbocycles. The number of aryl methyl sites for hydroxylation is 2. The Labute approximate surface area is 139 Å². The standard InChI is InChI=1S/C16H19N7O/c1-12-18-15(20-22(12)3)19-16(24)21(2)11-13-7-4-5-8-14(13)23-10-6-9-17-23/h4-10H,11H2,1-3H3,(H,19,20,24). The van der Waals surface area contributed by atoms with Gasteiger partial charge in [-0.15, -0.1) is 5.10 Å². The molecule has 0 fully saturated rings. The quantitative estimate of drug-likeness (QED) is 0.795. The van der Waals surface area contributed by atoms with Crippen molar-refractivity contribution < 1.29 is 4.79 Å². The number of para-hydroxylation sites is 1. The third-order valence-corrected chi connectivity index (χ3v) is 3.70. The van der Waals surface area contributed by atoms with Crippen molar-refractivity contribution in [1.29, 1.82) is 0 Å². The molecule has 2 aromatic heterocycles. The average molecular weight is 325 g/mol. The number of hydrogen-bond acceptors (Lipinski definition) is 4. The molecule has 8 heteroatoms. The first-order valence-corrected chi connectivity index (χ1v) is 7.52. The van der Waals surface area contributed by atoms with Crippen molar-refractivity contribution in [2.75, 3.05) is 12.4 Å². The van der Waals surface area contributed by atoms with Crippen molar-refractivity contribution in [3.05, 3.63) is 54.1 Å². The summed E-state index contributed by atoms with van der Waals surface area (Å²) >= 11 is 0. The summed E-state index contributed by atoms with van der Waals surface area (Å²) in [6.45, 7) is 2.26. The zero-order valence-electron chi connectivity index (χ0n) is 13.8. The van der Waals surface area contributed by atoms with Crippen molar-refractivity contribution in [3.63, 3.8) is 0 Å². The lowest BCUT2D eigenvalue weighted by atomic mass is 10.1. The highest BCUT2D eigenvalue weighted by atomic mass is 16.2. The molecule has 2 heterocycles. The van der Waals surface area contributed by atoms with Gasteiger partial charge in [0.15, 0.2) is 0 Å². The summed E-state index contributed by atoms with van der Waals surface area (Å²) in [5.74, 6) is 1.03. The lowest BCUT2D eigenvalue weighted by Gasteiger charge is -2.19. The van der Waals surface area contributed by atoms with E-state index in [0.29, 0.717) is 12.5 Å². The molecular weight excluding hydrogens is 306 g/mol. The molecule has 0 bridgehead atoms. The Kier molecular flexibility index (Phi) is 4.28. The molecule has 24 heavy (non-hydrogen) atoms. The molecule has 0 radical (unpaired) electrons. The van der Waals surface area contributed by atoms with Gasteiger partial charge in [-0.3, -0.25) is 10.00 Å². The largest absolute Gasteiger partial charge is 0.324 e. The van der Waals surface area contributed by atoms with E-state index in [9.17, 15) is 4.79 Å². The Morgan fingerprint density at radius 1 is 1.29 bits per heavy atom. The SMILES string of the molecule is Cc1nc(NC(=O)N(C)Cc2ccccc2-n2cccn2)nn1C. The molecule has 0 unspecified atom stereocenters. The zero-order chi connectivity index (χ0) is 17.1. The molecule has 2 amide bonds. The van der Waals surface area contributed by atoms with E-state index in [1.165, 1.54) is 0 Å². The lowest BCUT2D eigenvalue weighted by Crippen LogP contribution is -2.31. The molecule has 0 atom stereocenters. The third-order valence-electron chi connectivity index (χ3n) is 3.70. The first kappa shape index (κ1) is 15.7. The molecule has 0 aliphatic carbocycles. The molecule has 0 saturated heterocycles. The molecule has 3 rings (SSSR count). The fourth-order valence-corrected chi connectivity index (χ4v) is 2.31. The van der Waals surface area contributed by atoms with E-state index in [-0.39, 0.29) is 6.03 Å². The Bertz CT molecular complexity index is 818. The van der Waals surface area contributed by atoms with Crippen LogP contribution in [0.2, 0.25) is 0 Å². The van der Waals surface area contributed by atoms with Gasteiger partial charge < -0.3 is 4.90 Å². The molecule has 124 valence electrons. The van der Waals surface area contributed by atoms with Gasteiger partial charge in [-0.05, 0) is 24.6 Å². The topological polar surface area (TPSA) is 80.9 Å². The number of hydrogen-bond donors (Lipinski definition) is 1. The van der Waals surface area contributed by atoms with Crippen LogP contribution in [0.4, 0.5) is 10.7 Å². The summed E-state index contributed by atoms with van der Waals surface area (Å²) < 4.78 is 3.40. The van der Waals surface area contributed by atoms with Gasteiger partial charge in [0.25, 0.3) is 0 Å². The molecule has 3 aromatic rings. The van der Waals surface area contributed by atoms with Gasteiger partial charge >= 0.3 is 6.03 Å². The smallest absolute Gasteiger partial charge is 0.323 e. The van der Waals surface area contributed by atoms with E-state index < -0.39 is 0 Å². The fourth-order valence-electron chi connectivity index (χ4n) is 2.31. The number of benzene rings is 1. The Morgan fingerprint density at radius 2 is 2.08 bits per heavy atom. The normalized spacial score (nSPS) is 10.6. The van der Waals surface area contributed by atoms with Crippen molar-refractivity contribution in [2.45, 2.75) is 13.5 Å². The van der Waals surface area contributed by atoms with E-state index in [4.69, 9.17) is 0 Å². The highest BCUT2D eigenvalue weighted by molar-refractivity contribution is 5.87. The van der Waals surface area contributed by atoms with Gasteiger partial charge in [-0.25, -0.2) is 9.48 Å². The van der Waals surface area contributed by atoms with Crippen LogP contribution in [0.3, 0.4) is 0 Å². The molecule has 0 aliphatic rings. The second kappa shape index (κ2) is 6.53. The number of amides is 2. The van der Waals surface area contributed by atoms with Crippen molar-refractivity contribution >= 4 is 12.0 Å². The Morgan fingerprint density at radius 3 is 2.75 bits per heavy atom. The van der Waals surface area contributed by atoms with E-state index >= 15 is 0 Å². The predicted molar refractivity (Wildman–Crippen MR) is 89.8 cm³/mol. The van der Waals surface area contributed by atoms with Crippen LogP contribution in [0.5, 0.6) is 0 Å². The second-order valence-electron chi connectivity index (χ2n) is 5.47. The van der Waals surface area contributed by atoms with Gasteiger partial charge in [-0.2, -0.15) is 10.1 Å². The number of nitrogens with zero attached hydrogens (tertiary/aromatic N) is 6. The number of aromatic nitrogens is 5. The first-order chi connectivity index (χ1) is 11.5. The van der Waals surface area contributed by atoms with Gasteiger partial charge in [0.1, 0.15) is 5.82 Å². The summed E-state index contributed by atoms with van der Waals surface area (Å²) in [4.78, 5) is 18.1. The number of anilines is 1. The number of urea groups is 1. The number of carbonyl (C=O) groups is 1. The van der Waals surface area contributed by atoms with Crippen LogP contribution < -0.4 is 5.32 Å². The van der Waals surface area contributed by atoms with Gasteiger partial charge in [0, 0.05) is 33.0 Å². The molecular formula is C16H19N7O. The first-order valence-electron chi connectivity index (χ1n) is 7.52. The predicted octanol–water partition coefficient (Wildman–Crippen LogP) is 1.97. The van der Waals surface area contributed by atoms with Crippen molar-refractivity contribution in [3.8, 4) is 5.69 Å². The van der Waals surface area contributed by atoms with E-state index in [1.807, 2.05) is 43.5 Å². The van der Waals surface area contributed by atoms with E-state index in [1.54, 1.807) is 34.6 Å². The molecule has 0 aliphatic heterocycles. The maximum atomic E-state index is 12.3. The molecule has 0 spiro atoms. The average Bonchev–Trinajstić information content (AvgIpc) is 3.18. The molecule has 1 aromatic carbocycles. The van der Waals surface area contributed by atoms with Gasteiger partial charge in [-0.1, -0.05) is 18.2 Å². The highest BCUT2D eigenvalue weighted by Gasteiger charge is 2.14. The maximum absolute atomic E-state index is 12.3. The van der Waals surface area contributed by atoms with Gasteiger partial charge in [0.05, 0.1) is 5.69 Å². The molecule has 1 N–H and O–H groups in total. The van der Waals surface area contributed by atoms with Crippen LogP contribution in [0.15, 0.2) is 42.7 Å². The van der Waals surface area contributed by atoms with Crippen molar-refractivity contribution in [1.82, 2.24) is 29.4 Å². The van der Waals surface area contributed by atoms with Crippen LogP contribution in [-0.2, 0) is 13.6 Å². The minimum atomic E-state index is -0.268. The van der Waals surface area contributed by atoms with Crippen LogP contribution >= 0.6 is 0 Å². The van der Waals surface area contributed by atoms with E-state index in [2.05, 4.69) is 20.5 Å².